The third-order valence-corrected chi connectivity index (χ3v) is 5.01. The smallest absolute Gasteiger partial charge is 0.245 e. The fraction of sp³-hybridized carbons (Fsp3) is 0.136. The van der Waals surface area contributed by atoms with Crippen LogP contribution in [0.2, 0.25) is 0 Å². The molecule has 2 heterocycles. The number of nitrogen functional groups attached to an aromatic ring is 1. The minimum Gasteiger partial charge on any atom is -0.383 e. The number of amides is 1. The Hall–Kier alpha value is -3.71. The quantitative estimate of drug-likeness (QED) is 0.499. The molecular formula is C22H22N6O. The molecule has 4 rings (SSSR count). The van der Waals surface area contributed by atoms with Gasteiger partial charge in [-0.1, -0.05) is 36.4 Å². The number of nitrogens with two attached hydrogens (primary N) is 2. The predicted octanol–water partition coefficient (Wildman–Crippen LogP) is 3.16. The number of nitrogens with one attached hydrogen (secondary N) is 1. The zero-order chi connectivity index (χ0) is 20.5. The maximum absolute atomic E-state index is 12.5. The van der Waals surface area contributed by atoms with Crippen molar-refractivity contribution in [1.29, 1.82) is 0 Å². The van der Waals surface area contributed by atoms with Gasteiger partial charge in [-0.15, -0.1) is 0 Å². The van der Waals surface area contributed by atoms with E-state index in [1.807, 2.05) is 73.3 Å². The van der Waals surface area contributed by atoms with Gasteiger partial charge >= 0.3 is 0 Å². The Labute approximate surface area is 168 Å². The van der Waals surface area contributed by atoms with Crippen molar-refractivity contribution in [2.75, 3.05) is 11.1 Å². The summed E-state index contributed by atoms with van der Waals surface area (Å²) in [5, 5.41) is 3.72. The average molecular weight is 386 g/mol. The molecule has 29 heavy (non-hydrogen) atoms. The fourth-order valence-electron chi connectivity index (χ4n) is 3.51. The number of rotatable bonds is 4. The lowest BCUT2D eigenvalue weighted by molar-refractivity contribution is -0.117. The standard InChI is InChI=1S/C22H22N6O/c1-13-10-15(27-22(29)19(23)14-6-4-3-5-7-14)8-9-16(13)17-11-28(2)21-18(17)20(24)25-12-26-21/h3-12,19H,23H2,1-2H3,(H,27,29)(H2,24,25,26). The number of carbonyl (C=O) groups is 1. The number of benzene rings is 2. The van der Waals surface area contributed by atoms with Gasteiger partial charge in [0.05, 0.1) is 5.39 Å². The summed E-state index contributed by atoms with van der Waals surface area (Å²) >= 11 is 0. The van der Waals surface area contributed by atoms with Gasteiger partial charge in [0.25, 0.3) is 0 Å². The predicted molar refractivity (Wildman–Crippen MR) is 115 cm³/mol. The molecule has 146 valence electrons. The molecule has 0 bridgehead atoms. The normalized spacial score (nSPS) is 12.1. The zero-order valence-electron chi connectivity index (χ0n) is 16.3. The van der Waals surface area contributed by atoms with Crippen molar-refractivity contribution in [2.24, 2.45) is 12.8 Å². The molecule has 2 aromatic heterocycles. The minimum absolute atomic E-state index is 0.258. The number of fused-ring (bicyclic) bond motifs is 1. The van der Waals surface area contributed by atoms with Crippen molar-refractivity contribution in [1.82, 2.24) is 14.5 Å². The molecule has 5 N–H and O–H groups in total. The van der Waals surface area contributed by atoms with Gasteiger partial charge in [0.2, 0.25) is 5.91 Å². The van der Waals surface area contributed by atoms with E-state index in [-0.39, 0.29) is 5.91 Å². The van der Waals surface area contributed by atoms with Crippen LogP contribution in [-0.4, -0.2) is 20.4 Å². The summed E-state index contributed by atoms with van der Waals surface area (Å²) in [6, 6.07) is 14.3. The molecule has 1 amide bonds. The molecule has 0 aliphatic carbocycles. The molecular weight excluding hydrogens is 364 g/mol. The summed E-state index contributed by atoms with van der Waals surface area (Å²) < 4.78 is 1.93. The Morgan fingerprint density at radius 1 is 1.10 bits per heavy atom. The van der Waals surface area contributed by atoms with E-state index in [2.05, 4.69) is 15.3 Å². The van der Waals surface area contributed by atoms with Crippen LogP contribution >= 0.6 is 0 Å². The molecule has 4 aromatic rings. The molecule has 2 aromatic carbocycles. The Bertz CT molecular complexity index is 1200. The lowest BCUT2D eigenvalue weighted by Crippen LogP contribution is -2.27. The lowest BCUT2D eigenvalue weighted by atomic mass is 10.00. The maximum atomic E-state index is 12.5. The van der Waals surface area contributed by atoms with Crippen LogP contribution in [0.1, 0.15) is 17.2 Å². The van der Waals surface area contributed by atoms with E-state index in [9.17, 15) is 4.79 Å². The monoisotopic (exact) mass is 386 g/mol. The van der Waals surface area contributed by atoms with E-state index in [0.717, 1.165) is 33.3 Å². The van der Waals surface area contributed by atoms with Crippen molar-refractivity contribution >= 4 is 28.4 Å². The van der Waals surface area contributed by atoms with Crippen LogP contribution in [0.25, 0.3) is 22.2 Å². The summed E-state index contributed by atoms with van der Waals surface area (Å²) in [5.74, 6) is 0.183. The molecule has 7 heteroatoms. The van der Waals surface area contributed by atoms with Gasteiger partial charge in [-0.3, -0.25) is 4.79 Å². The Kier molecular flexibility index (Phi) is 4.74. The van der Waals surface area contributed by atoms with Crippen LogP contribution in [0.5, 0.6) is 0 Å². The van der Waals surface area contributed by atoms with E-state index in [0.29, 0.717) is 11.5 Å². The first-order valence-electron chi connectivity index (χ1n) is 9.23. The molecule has 0 fully saturated rings. The summed E-state index contributed by atoms with van der Waals surface area (Å²) in [6.45, 7) is 1.99. The minimum atomic E-state index is -0.730. The Balaban J connectivity index is 1.63. The highest BCUT2D eigenvalue weighted by molar-refractivity contribution is 6.02. The summed E-state index contributed by atoms with van der Waals surface area (Å²) in [6.07, 6.45) is 3.45. The van der Waals surface area contributed by atoms with E-state index in [4.69, 9.17) is 11.5 Å². The third-order valence-electron chi connectivity index (χ3n) is 5.01. The van der Waals surface area contributed by atoms with Crippen LogP contribution in [-0.2, 0) is 11.8 Å². The molecule has 0 aliphatic heterocycles. The van der Waals surface area contributed by atoms with E-state index >= 15 is 0 Å². The number of aryl methyl sites for hydroxylation is 2. The number of hydrogen-bond acceptors (Lipinski definition) is 5. The number of aromatic nitrogens is 3. The molecule has 1 atom stereocenters. The van der Waals surface area contributed by atoms with E-state index in [1.54, 1.807) is 0 Å². The zero-order valence-corrected chi connectivity index (χ0v) is 16.3. The largest absolute Gasteiger partial charge is 0.383 e. The average Bonchev–Trinajstić information content (AvgIpc) is 3.06. The number of anilines is 2. The number of nitrogens with zero attached hydrogens (tertiary/aromatic N) is 3. The van der Waals surface area contributed by atoms with E-state index in [1.165, 1.54) is 6.33 Å². The van der Waals surface area contributed by atoms with Crippen molar-refractivity contribution in [2.45, 2.75) is 13.0 Å². The molecule has 0 saturated heterocycles. The second-order valence-electron chi connectivity index (χ2n) is 7.02. The lowest BCUT2D eigenvalue weighted by Gasteiger charge is -2.14. The SMILES string of the molecule is Cc1cc(NC(=O)C(N)c2ccccc2)ccc1-c1cn(C)c2ncnc(N)c12. The summed E-state index contributed by atoms with van der Waals surface area (Å²) in [5.41, 5.74) is 17.4. The molecule has 0 saturated carbocycles. The van der Waals surface area contributed by atoms with Crippen LogP contribution in [0, 0.1) is 6.92 Å². The molecule has 7 nitrogen and oxygen atoms in total. The van der Waals surface area contributed by atoms with Crippen LogP contribution in [0.15, 0.2) is 61.1 Å². The van der Waals surface area contributed by atoms with E-state index < -0.39 is 6.04 Å². The van der Waals surface area contributed by atoms with Crippen molar-refractivity contribution in [3.63, 3.8) is 0 Å². The van der Waals surface area contributed by atoms with Gasteiger partial charge in [0.15, 0.2) is 0 Å². The second-order valence-corrected chi connectivity index (χ2v) is 7.02. The van der Waals surface area contributed by atoms with Crippen molar-refractivity contribution in [3.8, 4) is 11.1 Å². The van der Waals surface area contributed by atoms with Crippen LogP contribution in [0.3, 0.4) is 0 Å². The van der Waals surface area contributed by atoms with Crippen LogP contribution < -0.4 is 16.8 Å². The topological polar surface area (TPSA) is 112 Å². The van der Waals surface area contributed by atoms with Crippen molar-refractivity contribution in [3.05, 3.63) is 72.2 Å². The third kappa shape index (κ3) is 3.43. The highest BCUT2D eigenvalue weighted by Crippen LogP contribution is 2.34. The van der Waals surface area contributed by atoms with Gasteiger partial charge in [0, 0.05) is 24.5 Å². The first-order valence-corrected chi connectivity index (χ1v) is 9.23. The molecule has 0 radical (unpaired) electrons. The highest BCUT2D eigenvalue weighted by atomic mass is 16.2. The molecule has 1 unspecified atom stereocenters. The van der Waals surface area contributed by atoms with Gasteiger partial charge in [-0.05, 0) is 35.7 Å². The summed E-state index contributed by atoms with van der Waals surface area (Å²) in [4.78, 5) is 21.0. The Morgan fingerprint density at radius 2 is 1.86 bits per heavy atom. The first kappa shape index (κ1) is 18.6. The molecule has 0 aliphatic rings. The van der Waals surface area contributed by atoms with Gasteiger partial charge in [-0.25, -0.2) is 9.97 Å². The molecule has 0 spiro atoms. The van der Waals surface area contributed by atoms with Gasteiger partial charge in [0.1, 0.15) is 23.8 Å². The Morgan fingerprint density at radius 3 is 2.59 bits per heavy atom. The fourth-order valence-corrected chi connectivity index (χ4v) is 3.51. The van der Waals surface area contributed by atoms with Gasteiger partial charge < -0.3 is 21.4 Å². The van der Waals surface area contributed by atoms with Gasteiger partial charge in [-0.2, -0.15) is 0 Å². The van der Waals surface area contributed by atoms with Crippen LogP contribution in [0.4, 0.5) is 11.5 Å². The second kappa shape index (κ2) is 7.37. The highest BCUT2D eigenvalue weighted by Gasteiger charge is 2.18. The first-order chi connectivity index (χ1) is 14.0. The number of hydrogen-bond donors (Lipinski definition) is 3. The maximum Gasteiger partial charge on any atom is 0.245 e. The number of carbonyl (C=O) groups excluding carboxylic acids is 1. The summed E-state index contributed by atoms with van der Waals surface area (Å²) in [7, 11) is 1.92. The van der Waals surface area contributed by atoms with Crippen molar-refractivity contribution < 1.29 is 4.79 Å².